The minimum atomic E-state index is -0.497. The third-order valence-electron chi connectivity index (χ3n) is 1.47. The van der Waals surface area contributed by atoms with Crippen LogP contribution < -0.4 is 16.4 Å². The predicted octanol–water partition coefficient (Wildman–Crippen LogP) is -0.832. The van der Waals surface area contributed by atoms with Crippen molar-refractivity contribution < 1.29 is 4.79 Å². The Hall–Kier alpha value is -1.56. The average molecular weight is 183 g/mol. The van der Waals surface area contributed by atoms with Gasteiger partial charge >= 0.3 is 6.03 Å². The lowest BCUT2D eigenvalue weighted by Crippen LogP contribution is -2.35. The SMILES string of the molecule is NC(=O)NCCNCc1cnc[nH]1. The second kappa shape index (κ2) is 5.15. The van der Waals surface area contributed by atoms with Gasteiger partial charge in [0.15, 0.2) is 0 Å². The first-order valence-electron chi connectivity index (χ1n) is 4.00. The number of hydrogen-bond acceptors (Lipinski definition) is 3. The number of amides is 2. The molecule has 0 spiro atoms. The van der Waals surface area contributed by atoms with Crippen LogP contribution in [0.5, 0.6) is 0 Å². The van der Waals surface area contributed by atoms with Crippen LogP contribution in [0.2, 0.25) is 0 Å². The molecule has 6 heteroatoms. The van der Waals surface area contributed by atoms with Gasteiger partial charge < -0.3 is 21.4 Å². The Morgan fingerprint density at radius 3 is 3.08 bits per heavy atom. The quantitative estimate of drug-likeness (QED) is 0.448. The zero-order valence-corrected chi connectivity index (χ0v) is 7.21. The third kappa shape index (κ3) is 4.12. The number of carbonyl (C=O) groups excluding carboxylic acids is 1. The number of aromatic nitrogens is 2. The molecule has 0 saturated carbocycles. The van der Waals surface area contributed by atoms with E-state index in [1.807, 2.05) is 0 Å². The van der Waals surface area contributed by atoms with Gasteiger partial charge in [0.2, 0.25) is 0 Å². The number of hydrogen-bond donors (Lipinski definition) is 4. The molecule has 1 aromatic rings. The standard InChI is InChI=1S/C7H13N5O/c8-7(13)11-2-1-9-3-6-4-10-5-12-6/h4-5,9H,1-3H2,(H,10,12)(H3,8,11,13). The molecule has 0 aromatic carbocycles. The number of carbonyl (C=O) groups is 1. The number of rotatable bonds is 5. The summed E-state index contributed by atoms with van der Waals surface area (Å²) in [4.78, 5) is 17.1. The smallest absolute Gasteiger partial charge is 0.312 e. The molecule has 5 N–H and O–H groups in total. The summed E-state index contributed by atoms with van der Waals surface area (Å²) in [6.45, 7) is 1.92. The second-order valence-corrected chi connectivity index (χ2v) is 2.54. The van der Waals surface area contributed by atoms with Crippen molar-refractivity contribution in [1.29, 1.82) is 0 Å². The van der Waals surface area contributed by atoms with Crippen molar-refractivity contribution in [3.63, 3.8) is 0 Å². The normalized spacial score (nSPS) is 9.85. The minimum absolute atomic E-state index is 0.497. The van der Waals surface area contributed by atoms with Crippen LogP contribution in [0.4, 0.5) is 4.79 Å². The van der Waals surface area contributed by atoms with Crippen molar-refractivity contribution in [1.82, 2.24) is 20.6 Å². The first-order chi connectivity index (χ1) is 6.29. The van der Waals surface area contributed by atoms with Gasteiger partial charge in [-0.1, -0.05) is 0 Å². The zero-order chi connectivity index (χ0) is 9.52. The number of nitrogens with two attached hydrogens (primary N) is 1. The fraction of sp³-hybridized carbons (Fsp3) is 0.429. The topological polar surface area (TPSA) is 95.8 Å². The molecule has 0 aliphatic carbocycles. The number of H-pyrrole nitrogens is 1. The Labute approximate surface area is 75.9 Å². The van der Waals surface area contributed by atoms with Crippen LogP contribution in [0.1, 0.15) is 5.69 Å². The largest absolute Gasteiger partial charge is 0.352 e. The van der Waals surface area contributed by atoms with E-state index in [0.29, 0.717) is 19.6 Å². The predicted molar refractivity (Wildman–Crippen MR) is 47.9 cm³/mol. The van der Waals surface area contributed by atoms with Crippen LogP contribution in [0, 0.1) is 0 Å². The van der Waals surface area contributed by atoms with E-state index >= 15 is 0 Å². The van der Waals surface area contributed by atoms with Gasteiger partial charge in [0.25, 0.3) is 0 Å². The molecular weight excluding hydrogens is 170 g/mol. The zero-order valence-electron chi connectivity index (χ0n) is 7.21. The van der Waals surface area contributed by atoms with E-state index in [1.165, 1.54) is 0 Å². The average Bonchev–Trinajstić information content (AvgIpc) is 2.55. The van der Waals surface area contributed by atoms with E-state index < -0.39 is 6.03 Å². The van der Waals surface area contributed by atoms with Gasteiger partial charge in [-0.05, 0) is 0 Å². The van der Waals surface area contributed by atoms with Crippen molar-refractivity contribution in [2.75, 3.05) is 13.1 Å². The Balaban J connectivity index is 1.99. The Morgan fingerprint density at radius 2 is 2.46 bits per heavy atom. The number of nitrogens with one attached hydrogen (secondary N) is 3. The highest BCUT2D eigenvalue weighted by Gasteiger charge is 1.93. The lowest BCUT2D eigenvalue weighted by atomic mass is 10.4. The maximum absolute atomic E-state index is 10.3. The number of nitrogens with zero attached hydrogens (tertiary/aromatic N) is 1. The van der Waals surface area contributed by atoms with E-state index in [2.05, 4.69) is 20.6 Å². The fourth-order valence-corrected chi connectivity index (χ4v) is 0.879. The van der Waals surface area contributed by atoms with E-state index in [1.54, 1.807) is 12.5 Å². The fourth-order valence-electron chi connectivity index (χ4n) is 0.879. The van der Waals surface area contributed by atoms with Gasteiger partial charge in [-0.3, -0.25) is 0 Å². The molecule has 0 aliphatic heterocycles. The van der Waals surface area contributed by atoms with Crippen LogP contribution in [-0.2, 0) is 6.54 Å². The maximum atomic E-state index is 10.3. The summed E-state index contributed by atoms with van der Waals surface area (Å²) >= 11 is 0. The molecule has 0 radical (unpaired) electrons. The van der Waals surface area contributed by atoms with Gasteiger partial charge in [0.1, 0.15) is 0 Å². The molecular formula is C7H13N5O. The molecule has 0 saturated heterocycles. The summed E-state index contributed by atoms with van der Waals surface area (Å²) in [5.74, 6) is 0. The van der Waals surface area contributed by atoms with Crippen LogP contribution in [0.25, 0.3) is 0 Å². The van der Waals surface area contributed by atoms with Gasteiger partial charge in [-0.2, -0.15) is 0 Å². The summed E-state index contributed by atoms with van der Waals surface area (Å²) < 4.78 is 0. The van der Waals surface area contributed by atoms with Crippen LogP contribution >= 0.6 is 0 Å². The lowest BCUT2D eigenvalue weighted by Gasteiger charge is -2.02. The molecule has 0 atom stereocenters. The molecule has 2 amide bonds. The van der Waals surface area contributed by atoms with Gasteiger partial charge in [0, 0.05) is 31.5 Å². The Bertz CT molecular complexity index is 245. The molecule has 6 nitrogen and oxygen atoms in total. The number of imidazole rings is 1. The van der Waals surface area contributed by atoms with Gasteiger partial charge in [-0.15, -0.1) is 0 Å². The number of primary amides is 1. The highest BCUT2D eigenvalue weighted by molar-refractivity contribution is 5.71. The van der Waals surface area contributed by atoms with E-state index in [9.17, 15) is 4.79 Å². The van der Waals surface area contributed by atoms with E-state index in [4.69, 9.17) is 5.73 Å². The van der Waals surface area contributed by atoms with E-state index in [-0.39, 0.29) is 0 Å². The first-order valence-corrected chi connectivity index (χ1v) is 4.00. The van der Waals surface area contributed by atoms with Crippen molar-refractivity contribution in [3.05, 3.63) is 18.2 Å². The lowest BCUT2D eigenvalue weighted by molar-refractivity contribution is 0.249. The molecule has 0 unspecified atom stereocenters. The summed E-state index contributed by atoms with van der Waals surface area (Å²) in [6, 6.07) is -0.497. The molecule has 72 valence electrons. The van der Waals surface area contributed by atoms with Crippen molar-refractivity contribution in [2.24, 2.45) is 5.73 Å². The number of urea groups is 1. The molecule has 0 aliphatic rings. The number of aromatic amines is 1. The molecule has 13 heavy (non-hydrogen) atoms. The monoisotopic (exact) mass is 183 g/mol. The molecule has 0 bridgehead atoms. The van der Waals surface area contributed by atoms with Crippen molar-refractivity contribution in [2.45, 2.75) is 6.54 Å². The second-order valence-electron chi connectivity index (χ2n) is 2.54. The Morgan fingerprint density at radius 1 is 1.62 bits per heavy atom. The summed E-state index contributed by atoms with van der Waals surface area (Å²) in [5, 5.41) is 5.58. The highest BCUT2D eigenvalue weighted by Crippen LogP contribution is 1.87. The summed E-state index contributed by atoms with van der Waals surface area (Å²) in [5.41, 5.74) is 5.89. The van der Waals surface area contributed by atoms with Crippen LogP contribution in [0.3, 0.4) is 0 Å². The van der Waals surface area contributed by atoms with Crippen molar-refractivity contribution in [3.8, 4) is 0 Å². The summed E-state index contributed by atoms with van der Waals surface area (Å²) in [7, 11) is 0. The third-order valence-corrected chi connectivity index (χ3v) is 1.47. The van der Waals surface area contributed by atoms with Crippen molar-refractivity contribution >= 4 is 6.03 Å². The van der Waals surface area contributed by atoms with Gasteiger partial charge in [0.05, 0.1) is 6.33 Å². The summed E-state index contributed by atoms with van der Waals surface area (Å²) in [6.07, 6.45) is 3.37. The van der Waals surface area contributed by atoms with Crippen LogP contribution in [-0.4, -0.2) is 29.1 Å². The van der Waals surface area contributed by atoms with Gasteiger partial charge in [-0.25, -0.2) is 9.78 Å². The molecule has 1 rings (SSSR count). The molecule has 0 fully saturated rings. The molecule has 1 aromatic heterocycles. The molecule has 1 heterocycles. The van der Waals surface area contributed by atoms with Crippen LogP contribution in [0.15, 0.2) is 12.5 Å². The van der Waals surface area contributed by atoms with E-state index in [0.717, 1.165) is 5.69 Å². The Kier molecular flexibility index (Phi) is 3.77. The minimum Gasteiger partial charge on any atom is -0.352 e. The highest BCUT2D eigenvalue weighted by atomic mass is 16.2. The maximum Gasteiger partial charge on any atom is 0.312 e. The first kappa shape index (κ1) is 9.53.